The lowest BCUT2D eigenvalue weighted by Crippen LogP contribution is -2.28. The molecule has 7 rings (SSSR count). The molecule has 0 unspecified atom stereocenters. The van der Waals surface area contributed by atoms with E-state index in [0.29, 0.717) is 5.69 Å². The number of rotatable bonds is 4. The van der Waals surface area contributed by atoms with Gasteiger partial charge in [0.15, 0.2) is 0 Å². The molecule has 2 heteroatoms. The first kappa shape index (κ1) is 22.9. The van der Waals surface area contributed by atoms with Crippen LogP contribution in [0.2, 0.25) is 0 Å². The molecule has 0 saturated carbocycles. The van der Waals surface area contributed by atoms with Crippen molar-refractivity contribution in [3.63, 3.8) is 0 Å². The molecule has 0 amide bonds. The second kappa shape index (κ2) is 9.24. The predicted octanol–water partition coefficient (Wildman–Crippen LogP) is 8.65. The van der Waals surface area contributed by atoms with Crippen LogP contribution in [-0.2, 0) is 5.41 Å². The SMILES string of the molecule is N#Cc1cc(-c2ccc3c(c2)C(c2ccccc2)(c2ccccc2)c2cc(-c4ccccc4)ccc2-3)ccn1. The first-order valence-corrected chi connectivity index (χ1v) is 13.1. The highest BCUT2D eigenvalue weighted by Gasteiger charge is 2.46. The van der Waals surface area contributed by atoms with Gasteiger partial charge in [0.2, 0.25) is 0 Å². The topological polar surface area (TPSA) is 36.7 Å². The first-order valence-electron chi connectivity index (χ1n) is 13.1. The van der Waals surface area contributed by atoms with Crippen molar-refractivity contribution in [3.05, 3.63) is 174 Å². The number of nitrogens with zero attached hydrogens (tertiary/aromatic N) is 2. The van der Waals surface area contributed by atoms with Gasteiger partial charge in [-0.3, -0.25) is 0 Å². The van der Waals surface area contributed by atoms with Crippen molar-refractivity contribution in [3.8, 4) is 39.4 Å². The molecule has 0 spiro atoms. The lowest BCUT2D eigenvalue weighted by molar-refractivity contribution is 0.769. The summed E-state index contributed by atoms with van der Waals surface area (Å²) in [4.78, 5) is 4.19. The Bertz CT molecular complexity index is 1810. The summed E-state index contributed by atoms with van der Waals surface area (Å²) < 4.78 is 0. The fourth-order valence-corrected chi connectivity index (χ4v) is 6.15. The maximum atomic E-state index is 9.47. The lowest BCUT2D eigenvalue weighted by Gasteiger charge is -2.34. The minimum atomic E-state index is -0.501. The molecule has 1 aliphatic rings. The Kier molecular flexibility index (Phi) is 5.43. The predicted molar refractivity (Wildman–Crippen MR) is 157 cm³/mol. The summed E-state index contributed by atoms with van der Waals surface area (Å²) in [5.41, 5.74) is 11.8. The highest BCUT2D eigenvalue weighted by Crippen LogP contribution is 2.57. The van der Waals surface area contributed by atoms with Gasteiger partial charge in [-0.1, -0.05) is 115 Å². The van der Waals surface area contributed by atoms with Gasteiger partial charge in [-0.05, 0) is 79.9 Å². The molecule has 0 N–H and O–H groups in total. The number of nitriles is 1. The van der Waals surface area contributed by atoms with Crippen LogP contribution in [0.1, 0.15) is 27.9 Å². The smallest absolute Gasteiger partial charge is 0.141 e. The quantitative estimate of drug-likeness (QED) is 0.244. The summed E-state index contributed by atoms with van der Waals surface area (Å²) in [7, 11) is 0. The van der Waals surface area contributed by atoms with Crippen molar-refractivity contribution in [1.29, 1.82) is 5.26 Å². The number of benzene rings is 5. The van der Waals surface area contributed by atoms with Crippen LogP contribution in [0.25, 0.3) is 33.4 Å². The van der Waals surface area contributed by atoms with Crippen LogP contribution >= 0.6 is 0 Å². The molecule has 1 aliphatic carbocycles. The average molecular weight is 497 g/mol. The molecule has 5 aromatic carbocycles. The van der Waals surface area contributed by atoms with Crippen molar-refractivity contribution in [2.24, 2.45) is 0 Å². The van der Waals surface area contributed by atoms with Crippen LogP contribution in [0, 0.1) is 11.3 Å². The zero-order valence-corrected chi connectivity index (χ0v) is 21.3. The summed E-state index contributed by atoms with van der Waals surface area (Å²) in [6.45, 7) is 0. The fraction of sp³-hybridized carbons (Fsp3) is 0.0270. The number of fused-ring (bicyclic) bond motifs is 3. The second-order valence-corrected chi connectivity index (χ2v) is 9.91. The Morgan fingerprint density at radius 2 is 0.974 bits per heavy atom. The molecule has 0 aliphatic heterocycles. The minimum absolute atomic E-state index is 0.418. The number of hydrogen-bond acceptors (Lipinski definition) is 2. The van der Waals surface area contributed by atoms with Crippen molar-refractivity contribution in [1.82, 2.24) is 4.98 Å². The lowest BCUT2D eigenvalue weighted by atomic mass is 9.67. The van der Waals surface area contributed by atoms with E-state index >= 15 is 0 Å². The average Bonchev–Trinajstić information content (AvgIpc) is 3.32. The molecule has 0 radical (unpaired) electrons. The minimum Gasteiger partial charge on any atom is -0.246 e. The van der Waals surface area contributed by atoms with Gasteiger partial charge in [0.05, 0.1) is 5.41 Å². The van der Waals surface area contributed by atoms with E-state index in [4.69, 9.17) is 0 Å². The molecule has 6 aromatic rings. The van der Waals surface area contributed by atoms with Gasteiger partial charge in [-0.2, -0.15) is 5.26 Å². The molecule has 0 saturated heterocycles. The van der Waals surface area contributed by atoms with Gasteiger partial charge in [-0.15, -0.1) is 0 Å². The summed E-state index contributed by atoms with van der Waals surface area (Å²) in [5.74, 6) is 0. The molecule has 39 heavy (non-hydrogen) atoms. The normalized spacial score (nSPS) is 12.8. The first-order chi connectivity index (χ1) is 19.3. The molecule has 0 bridgehead atoms. The zero-order chi connectivity index (χ0) is 26.2. The molecule has 1 aromatic heterocycles. The maximum Gasteiger partial charge on any atom is 0.141 e. The van der Waals surface area contributed by atoms with Crippen LogP contribution in [0.15, 0.2) is 146 Å². The molecule has 0 atom stereocenters. The maximum absolute atomic E-state index is 9.47. The van der Waals surface area contributed by atoms with Crippen LogP contribution in [0.4, 0.5) is 0 Å². The largest absolute Gasteiger partial charge is 0.246 e. The van der Waals surface area contributed by atoms with E-state index in [1.807, 2.05) is 12.1 Å². The highest BCUT2D eigenvalue weighted by atomic mass is 14.7. The van der Waals surface area contributed by atoms with Crippen LogP contribution in [0.5, 0.6) is 0 Å². The molecule has 182 valence electrons. The van der Waals surface area contributed by atoms with E-state index in [2.05, 4.69) is 138 Å². The number of aromatic nitrogens is 1. The van der Waals surface area contributed by atoms with Crippen molar-refractivity contribution < 1.29 is 0 Å². The summed E-state index contributed by atoms with van der Waals surface area (Å²) >= 11 is 0. The van der Waals surface area contributed by atoms with Gasteiger partial charge in [0.25, 0.3) is 0 Å². The van der Waals surface area contributed by atoms with E-state index in [1.165, 1.54) is 44.5 Å². The van der Waals surface area contributed by atoms with Gasteiger partial charge >= 0.3 is 0 Å². The van der Waals surface area contributed by atoms with E-state index in [1.54, 1.807) is 6.20 Å². The second-order valence-electron chi connectivity index (χ2n) is 9.91. The van der Waals surface area contributed by atoms with Crippen molar-refractivity contribution in [2.75, 3.05) is 0 Å². The Morgan fingerprint density at radius 1 is 0.487 bits per heavy atom. The van der Waals surface area contributed by atoms with E-state index in [9.17, 15) is 5.26 Å². The van der Waals surface area contributed by atoms with Crippen LogP contribution in [0.3, 0.4) is 0 Å². The standard InChI is InChI=1S/C37H24N2/c38-25-32-22-29(20-21-39-32)28-17-19-34-33-18-16-27(26-10-4-1-5-11-26)23-35(33)37(36(34)24-28,30-12-6-2-7-13-30)31-14-8-3-9-15-31/h1-24H. The van der Waals surface area contributed by atoms with Gasteiger partial charge < -0.3 is 0 Å². The summed E-state index contributed by atoms with van der Waals surface area (Å²) in [6.07, 6.45) is 1.71. The van der Waals surface area contributed by atoms with Crippen LogP contribution < -0.4 is 0 Å². The van der Waals surface area contributed by atoms with Crippen molar-refractivity contribution >= 4 is 0 Å². The Balaban J connectivity index is 1.57. The number of pyridine rings is 1. The van der Waals surface area contributed by atoms with Crippen LogP contribution in [-0.4, -0.2) is 4.98 Å². The van der Waals surface area contributed by atoms with E-state index in [0.717, 1.165) is 11.1 Å². The van der Waals surface area contributed by atoms with Gasteiger partial charge in [-0.25, -0.2) is 4.98 Å². The summed E-state index contributed by atoms with van der Waals surface area (Å²) in [5, 5.41) is 9.47. The zero-order valence-electron chi connectivity index (χ0n) is 21.3. The monoisotopic (exact) mass is 496 g/mol. The Morgan fingerprint density at radius 3 is 1.51 bits per heavy atom. The van der Waals surface area contributed by atoms with Gasteiger partial charge in [0, 0.05) is 6.20 Å². The number of hydrogen-bond donors (Lipinski definition) is 0. The molecular weight excluding hydrogens is 472 g/mol. The Labute approximate surface area is 228 Å². The highest BCUT2D eigenvalue weighted by molar-refractivity contribution is 5.90. The molecule has 2 nitrogen and oxygen atoms in total. The van der Waals surface area contributed by atoms with E-state index < -0.39 is 5.41 Å². The van der Waals surface area contributed by atoms with Crippen molar-refractivity contribution in [2.45, 2.75) is 5.41 Å². The molecule has 0 fully saturated rings. The van der Waals surface area contributed by atoms with E-state index in [-0.39, 0.29) is 0 Å². The third kappa shape index (κ3) is 3.60. The third-order valence-electron chi connectivity index (χ3n) is 7.87. The molecule has 1 heterocycles. The van der Waals surface area contributed by atoms with Gasteiger partial charge in [0.1, 0.15) is 11.8 Å². The fourth-order valence-electron chi connectivity index (χ4n) is 6.15. The third-order valence-corrected chi connectivity index (χ3v) is 7.87. The molecular formula is C37H24N2. The Hall–Kier alpha value is -5.26. The summed E-state index contributed by atoms with van der Waals surface area (Å²) in [6, 6.07) is 51.9.